The van der Waals surface area contributed by atoms with Gasteiger partial charge in [-0.2, -0.15) is 0 Å². The molecule has 0 saturated heterocycles. The van der Waals surface area contributed by atoms with Crippen LogP contribution in [0, 0.1) is 0 Å². The first-order valence-electron chi connectivity index (χ1n) is 8.03. The number of fused-ring (bicyclic) bond motifs is 1. The molecule has 0 saturated carbocycles. The van der Waals surface area contributed by atoms with Crippen molar-refractivity contribution in [2.45, 2.75) is 19.8 Å². The molecule has 1 amide bonds. The lowest BCUT2D eigenvalue weighted by molar-refractivity contribution is 0.102. The van der Waals surface area contributed by atoms with E-state index in [0.717, 1.165) is 25.1 Å². The molecule has 0 bridgehead atoms. The van der Waals surface area contributed by atoms with Crippen LogP contribution in [-0.4, -0.2) is 31.1 Å². The zero-order valence-corrected chi connectivity index (χ0v) is 14.6. The molecule has 2 aromatic rings. The number of ether oxygens (including phenoxy) is 1. The number of aryl methyl sites for hydroxylation is 1. The van der Waals surface area contributed by atoms with Crippen LogP contribution in [0.25, 0.3) is 0 Å². The van der Waals surface area contributed by atoms with Gasteiger partial charge in [-0.15, -0.1) is 0 Å². The molecular weight excluding hydrogens is 326 g/mol. The van der Waals surface area contributed by atoms with Gasteiger partial charge in [0.25, 0.3) is 5.91 Å². The molecule has 6 heteroatoms. The summed E-state index contributed by atoms with van der Waals surface area (Å²) in [6, 6.07) is 9.23. The molecule has 24 heavy (non-hydrogen) atoms. The van der Waals surface area contributed by atoms with Crippen molar-refractivity contribution in [1.29, 1.82) is 0 Å². The molecule has 1 aromatic heterocycles. The molecule has 1 aliphatic heterocycles. The van der Waals surface area contributed by atoms with Crippen LogP contribution in [0.1, 0.15) is 29.4 Å². The van der Waals surface area contributed by atoms with E-state index >= 15 is 0 Å². The fraction of sp³-hybridized carbons (Fsp3) is 0.333. The van der Waals surface area contributed by atoms with Crippen molar-refractivity contribution in [3.63, 3.8) is 0 Å². The van der Waals surface area contributed by atoms with Crippen LogP contribution < -0.4 is 15.0 Å². The van der Waals surface area contributed by atoms with Gasteiger partial charge in [0, 0.05) is 31.0 Å². The molecule has 0 fully saturated rings. The Bertz CT molecular complexity index is 764. The molecular formula is C18H20ClN3O2. The molecule has 1 N–H and O–H groups in total. The number of carbonyl (C=O) groups excluding carboxylic acids is 1. The quantitative estimate of drug-likeness (QED) is 0.916. The maximum absolute atomic E-state index is 12.5. The van der Waals surface area contributed by atoms with E-state index in [9.17, 15) is 4.79 Å². The molecule has 0 spiro atoms. The van der Waals surface area contributed by atoms with E-state index in [1.165, 1.54) is 11.3 Å². The zero-order chi connectivity index (χ0) is 17.1. The first-order valence-corrected chi connectivity index (χ1v) is 8.41. The van der Waals surface area contributed by atoms with Crippen molar-refractivity contribution in [3.8, 4) is 5.88 Å². The zero-order valence-electron chi connectivity index (χ0n) is 13.8. The molecule has 0 aliphatic carbocycles. The van der Waals surface area contributed by atoms with Crippen LogP contribution >= 0.6 is 11.6 Å². The number of hydrogen-bond donors (Lipinski definition) is 1. The SMILES string of the molecule is CCOc1ccc(Cl)c(C(=O)Nc2ccc3c(c2)CCCN3C)n1. The summed E-state index contributed by atoms with van der Waals surface area (Å²) in [6.07, 6.45) is 2.13. The Morgan fingerprint density at radius 2 is 2.21 bits per heavy atom. The number of aromatic nitrogens is 1. The molecule has 1 aromatic carbocycles. The van der Waals surface area contributed by atoms with E-state index in [0.29, 0.717) is 17.5 Å². The highest BCUT2D eigenvalue weighted by atomic mass is 35.5. The van der Waals surface area contributed by atoms with Gasteiger partial charge in [0.1, 0.15) is 0 Å². The second-order valence-corrected chi connectivity index (χ2v) is 6.14. The third-order valence-electron chi connectivity index (χ3n) is 4.02. The summed E-state index contributed by atoms with van der Waals surface area (Å²) >= 11 is 6.11. The second-order valence-electron chi connectivity index (χ2n) is 5.74. The number of benzene rings is 1. The summed E-state index contributed by atoms with van der Waals surface area (Å²) in [5.74, 6) is 0.0461. The van der Waals surface area contributed by atoms with E-state index in [2.05, 4.69) is 22.2 Å². The van der Waals surface area contributed by atoms with Crippen molar-refractivity contribution in [2.75, 3.05) is 30.4 Å². The van der Waals surface area contributed by atoms with Crippen LogP contribution in [0.15, 0.2) is 30.3 Å². The molecule has 0 radical (unpaired) electrons. The van der Waals surface area contributed by atoms with E-state index in [1.54, 1.807) is 12.1 Å². The van der Waals surface area contributed by atoms with E-state index in [1.807, 2.05) is 25.1 Å². The van der Waals surface area contributed by atoms with Gasteiger partial charge in [0.15, 0.2) is 5.69 Å². The number of anilines is 2. The number of amides is 1. The minimum atomic E-state index is -0.342. The van der Waals surface area contributed by atoms with Crippen LogP contribution in [0.5, 0.6) is 5.88 Å². The number of pyridine rings is 1. The third-order valence-corrected chi connectivity index (χ3v) is 4.32. The Balaban J connectivity index is 1.81. The Morgan fingerprint density at radius 1 is 1.38 bits per heavy atom. The van der Waals surface area contributed by atoms with Crippen LogP contribution in [0.3, 0.4) is 0 Å². The number of hydrogen-bond acceptors (Lipinski definition) is 4. The lowest BCUT2D eigenvalue weighted by Gasteiger charge is -2.27. The van der Waals surface area contributed by atoms with Gasteiger partial charge in [-0.05, 0) is 49.6 Å². The number of carbonyl (C=O) groups is 1. The van der Waals surface area contributed by atoms with Crippen LogP contribution in [-0.2, 0) is 6.42 Å². The molecule has 0 atom stereocenters. The van der Waals surface area contributed by atoms with Gasteiger partial charge in [0.2, 0.25) is 5.88 Å². The summed E-state index contributed by atoms with van der Waals surface area (Å²) < 4.78 is 5.33. The fourth-order valence-electron chi connectivity index (χ4n) is 2.87. The first kappa shape index (κ1) is 16.6. The summed E-state index contributed by atoms with van der Waals surface area (Å²) in [5, 5.41) is 3.17. The van der Waals surface area contributed by atoms with E-state index in [4.69, 9.17) is 16.3 Å². The van der Waals surface area contributed by atoms with Crippen LogP contribution in [0.4, 0.5) is 11.4 Å². The Kier molecular flexibility index (Phi) is 4.90. The summed E-state index contributed by atoms with van der Waals surface area (Å²) in [4.78, 5) is 18.9. The largest absolute Gasteiger partial charge is 0.478 e. The van der Waals surface area contributed by atoms with Crippen molar-refractivity contribution >= 4 is 28.9 Å². The molecule has 1 aliphatic rings. The lowest BCUT2D eigenvalue weighted by atomic mass is 10.0. The van der Waals surface area contributed by atoms with Gasteiger partial charge in [-0.1, -0.05) is 11.6 Å². The highest BCUT2D eigenvalue weighted by Gasteiger charge is 2.17. The molecule has 3 rings (SSSR count). The van der Waals surface area contributed by atoms with Gasteiger partial charge < -0.3 is 15.0 Å². The minimum Gasteiger partial charge on any atom is -0.478 e. The predicted molar refractivity (Wildman–Crippen MR) is 96.4 cm³/mol. The van der Waals surface area contributed by atoms with E-state index < -0.39 is 0 Å². The standard InChI is InChI=1S/C18H20ClN3O2/c1-3-24-16-9-7-14(19)17(21-16)18(23)20-13-6-8-15-12(11-13)5-4-10-22(15)2/h6-9,11H,3-5,10H2,1-2H3,(H,20,23). The van der Waals surface area contributed by atoms with Crippen molar-refractivity contribution in [3.05, 3.63) is 46.6 Å². The fourth-order valence-corrected chi connectivity index (χ4v) is 3.06. The second kappa shape index (κ2) is 7.09. The lowest BCUT2D eigenvalue weighted by Crippen LogP contribution is -2.24. The van der Waals surface area contributed by atoms with Crippen molar-refractivity contribution < 1.29 is 9.53 Å². The van der Waals surface area contributed by atoms with Crippen molar-refractivity contribution in [2.24, 2.45) is 0 Å². The van der Waals surface area contributed by atoms with Gasteiger partial charge in [0.05, 0.1) is 11.6 Å². The minimum absolute atomic E-state index is 0.164. The number of nitrogens with zero attached hydrogens (tertiary/aromatic N) is 2. The van der Waals surface area contributed by atoms with Gasteiger partial charge in [-0.25, -0.2) is 4.98 Å². The molecule has 2 heterocycles. The smallest absolute Gasteiger partial charge is 0.275 e. The molecule has 5 nitrogen and oxygen atoms in total. The summed E-state index contributed by atoms with van der Waals surface area (Å²) in [6.45, 7) is 3.40. The van der Waals surface area contributed by atoms with Gasteiger partial charge >= 0.3 is 0 Å². The normalized spacial score (nSPS) is 13.4. The third kappa shape index (κ3) is 3.46. The summed E-state index contributed by atoms with van der Waals surface area (Å²) in [7, 11) is 2.08. The Labute approximate surface area is 146 Å². The van der Waals surface area contributed by atoms with E-state index in [-0.39, 0.29) is 11.6 Å². The highest BCUT2D eigenvalue weighted by molar-refractivity contribution is 6.34. The average molecular weight is 346 g/mol. The number of halogens is 1. The van der Waals surface area contributed by atoms with Crippen LogP contribution in [0.2, 0.25) is 5.02 Å². The monoisotopic (exact) mass is 345 g/mol. The number of rotatable bonds is 4. The topological polar surface area (TPSA) is 54.5 Å². The Hall–Kier alpha value is -2.27. The molecule has 126 valence electrons. The first-order chi connectivity index (χ1) is 11.6. The number of nitrogens with one attached hydrogen (secondary N) is 1. The Morgan fingerprint density at radius 3 is 3.00 bits per heavy atom. The maximum atomic E-state index is 12.5. The highest BCUT2D eigenvalue weighted by Crippen LogP contribution is 2.29. The van der Waals surface area contributed by atoms with Crippen molar-refractivity contribution in [1.82, 2.24) is 4.98 Å². The molecule has 0 unspecified atom stereocenters. The maximum Gasteiger partial charge on any atom is 0.275 e. The average Bonchev–Trinajstić information content (AvgIpc) is 2.57. The van der Waals surface area contributed by atoms with Gasteiger partial charge in [-0.3, -0.25) is 4.79 Å². The summed E-state index contributed by atoms with van der Waals surface area (Å²) in [5.41, 5.74) is 3.36. The predicted octanol–water partition coefficient (Wildman–Crippen LogP) is 3.77.